The van der Waals surface area contributed by atoms with E-state index in [-0.39, 0.29) is 5.69 Å². The second-order valence-corrected chi connectivity index (χ2v) is 7.54. The van der Waals surface area contributed by atoms with Gasteiger partial charge in [0.05, 0.1) is 13.2 Å². The molecule has 2 fully saturated rings. The summed E-state index contributed by atoms with van der Waals surface area (Å²) in [5.74, 6) is 1.68. The minimum atomic E-state index is -2.55. The van der Waals surface area contributed by atoms with E-state index in [2.05, 4.69) is 24.8 Å². The van der Waals surface area contributed by atoms with Crippen molar-refractivity contribution in [3.05, 3.63) is 29.2 Å². The Bertz CT molecular complexity index is 830. The molecule has 0 atom stereocenters. The van der Waals surface area contributed by atoms with E-state index in [4.69, 9.17) is 9.72 Å². The lowest BCUT2D eigenvalue weighted by molar-refractivity contribution is 0.122. The van der Waals surface area contributed by atoms with Crippen molar-refractivity contribution >= 4 is 11.8 Å². The van der Waals surface area contributed by atoms with Crippen LogP contribution in [0.2, 0.25) is 0 Å². The molecule has 0 radical (unpaired) electrons. The molecule has 29 heavy (non-hydrogen) atoms. The van der Waals surface area contributed by atoms with Crippen molar-refractivity contribution in [2.75, 3.05) is 62.3 Å². The molecular weight excluding hydrogens is 380 g/mol. The van der Waals surface area contributed by atoms with Crippen molar-refractivity contribution in [3.8, 4) is 0 Å². The maximum atomic E-state index is 13.2. The third-order valence-corrected chi connectivity index (χ3v) is 5.36. The summed E-state index contributed by atoms with van der Waals surface area (Å²) < 4.78 is 33.2. The molecule has 2 aromatic rings. The van der Waals surface area contributed by atoms with Crippen molar-refractivity contribution < 1.29 is 13.5 Å². The quantitative estimate of drug-likeness (QED) is 0.746. The highest BCUT2D eigenvalue weighted by atomic mass is 19.3. The molecule has 0 unspecified atom stereocenters. The summed E-state index contributed by atoms with van der Waals surface area (Å²) in [6.07, 6.45) is -0.855. The van der Waals surface area contributed by atoms with E-state index in [1.54, 1.807) is 13.2 Å². The molecule has 4 rings (SSSR count). The number of rotatable bonds is 5. The third-order valence-electron chi connectivity index (χ3n) is 5.36. The largest absolute Gasteiger partial charge is 0.378 e. The molecular formula is C19H27F2N7O. The summed E-state index contributed by atoms with van der Waals surface area (Å²) in [6, 6.07) is 2.01. The van der Waals surface area contributed by atoms with Gasteiger partial charge in [-0.15, -0.1) is 0 Å². The molecule has 2 aromatic heterocycles. The Morgan fingerprint density at radius 1 is 1.03 bits per heavy atom. The predicted octanol–water partition coefficient (Wildman–Crippen LogP) is 1.61. The SMILES string of the molecule is Cc1cc(N2CCN(Cc3cn(C)nc3C(F)F)CC2)nc(N2CCOCC2)n1. The average molecular weight is 407 g/mol. The standard InChI is InChI=1S/C19H27F2N7O/c1-14-11-16(23-19(22-14)28-7-9-29-10-8-28)27-5-3-26(4-6-27)13-15-12-25(2)24-17(15)18(20)21/h11-12,18H,3-10,13H2,1-2H3. The molecule has 0 saturated carbocycles. The van der Waals surface area contributed by atoms with Crippen LogP contribution in [0.3, 0.4) is 0 Å². The van der Waals surface area contributed by atoms with Gasteiger partial charge in [-0.05, 0) is 6.92 Å². The first-order chi connectivity index (χ1) is 14.0. The van der Waals surface area contributed by atoms with Crippen LogP contribution in [0.5, 0.6) is 0 Å². The minimum Gasteiger partial charge on any atom is -0.378 e. The number of hydrogen-bond donors (Lipinski definition) is 0. The summed E-state index contributed by atoms with van der Waals surface area (Å²) in [7, 11) is 1.68. The van der Waals surface area contributed by atoms with E-state index in [9.17, 15) is 8.78 Å². The van der Waals surface area contributed by atoms with Crippen LogP contribution in [0.4, 0.5) is 20.5 Å². The van der Waals surface area contributed by atoms with Crippen LogP contribution in [0.1, 0.15) is 23.4 Å². The van der Waals surface area contributed by atoms with Crippen LogP contribution in [-0.2, 0) is 18.3 Å². The summed E-state index contributed by atoms with van der Waals surface area (Å²) in [6.45, 7) is 8.62. The Balaban J connectivity index is 1.40. The van der Waals surface area contributed by atoms with Crippen molar-refractivity contribution in [1.29, 1.82) is 0 Å². The number of piperazine rings is 1. The maximum absolute atomic E-state index is 13.2. The zero-order valence-corrected chi connectivity index (χ0v) is 16.9. The van der Waals surface area contributed by atoms with Gasteiger partial charge in [-0.1, -0.05) is 0 Å². The van der Waals surface area contributed by atoms with Crippen LogP contribution in [0.15, 0.2) is 12.3 Å². The van der Waals surface area contributed by atoms with Gasteiger partial charge < -0.3 is 14.5 Å². The summed E-state index contributed by atoms with van der Waals surface area (Å²) in [5.41, 5.74) is 1.43. The van der Waals surface area contributed by atoms with Crippen LogP contribution in [0, 0.1) is 6.92 Å². The number of aryl methyl sites for hydroxylation is 2. The molecule has 0 aliphatic carbocycles. The highest BCUT2D eigenvalue weighted by Gasteiger charge is 2.24. The normalized spacial score (nSPS) is 18.7. The number of ether oxygens (including phenoxy) is 1. The lowest BCUT2D eigenvalue weighted by atomic mass is 10.2. The molecule has 0 bridgehead atoms. The van der Waals surface area contributed by atoms with E-state index >= 15 is 0 Å². The van der Waals surface area contributed by atoms with Crippen molar-refractivity contribution in [3.63, 3.8) is 0 Å². The lowest BCUT2D eigenvalue weighted by Gasteiger charge is -2.36. The number of aromatic nitrogens is 4. The second-order valence-electron chi connectivity index (χ2n) is 7.54. The minimum absolute atomic E-state index is 0.114. The van der Waals surface area contributed by atoms with E-state index in [0.717, 1.165) is 56.7 Å². The van der Waals surface area contributed by atoms with Crippen LogP contribution in [0.25, 0.3) is 0 Å². The topological polar surface area (TPSA) is 62.5 Å². The highest BCUT2D eigenvalue weighted by molar-refractivity contribution is 5.46. The van der Waals surface area contributed by atoms with Crippen molar-refractivity contribution in [1.82, 2.24) is 24.6 Å². The number of nitrogens with zero attached hydrogens (tertiary/aromatic N) is 7. The molecule has 8 nitrogen and oxygen atoms in total. The first-order valence-electron chi connectivity index (χ1n) is 9.96. The molecule has 0 spiro atoms. The van der Waals surface area contributed by atoms with Crippen molar-refractivity contribution in [2.24, 2.45) is 7.05 Å². The van der Waals surface area contributed by atoms with Crippen LogP contribution >= 0.6 is 0 Å². The fourth-order valence-corrected chi connectivity index (χ4v) is 3.84. The Labute approximate surface area is 169 Å². The van der Waals surface area contributed by atoms with E-state index in [1.165, 1.54) is 4.68 Å². The molecule has 10 heteroatoms. The zero-order valence-electron chi connectivity index (χ0n) is 16.9. The smallest absolute Gasteiger partial charge is 0.282 e. The maximum Gasteiger partial charge on any atom is 0.282 e. The summed E-state index contributed by atoms with van der Waals surface area (Å²) in [5, 5.41) is 3.90. The Kier molecular flexibility index (Phi) is 5.91. The van der Waals surface area contributed by atoms with E-state index in [1.807, 2.05) is 13.0 Å². The second kappa shape index (κ2) is 8.58. The van der Waals surface area contributed by atoms with Crippen LogP contribution < -0.4 is 9.80 Å². The number of anilines is 2. The monoisotopic (exact) mass is 407 g/mol. The number of morpholine rings is 1. The fraction of sp³-hybridized carbons (Fsp3) is 0.632. The zero-order chi connectivity index (χ0) is 20.4. The van der Waals surface area contributed by atoms with Gasteiger partial charge >= 0.3 is 0 Å². The Morgan fingerprint density at radius 2 is 1.76 bits per heavy atom. The van der Waals surface area contributed by atoms with Gasteiger partial charge in [-0.2, -0.15) is 10.1 Å². The first kappa shape index (κ1) is 20.0. The van der Waals surface area contributed by atoms with Gasteiger partial charge in [-0.25, -0.2) is 13.8 Å². The Morgan fingerprint density at radius 3 is 2.45 bits per heavy atom. The van der Waals surface area contributed by atoms with Gasteiger partial charge in [0.15, 0.2) is 0 Å². The van der Waals surface area contributed by atoms with Gasteiger partial charge in [0.2, 0.25) is 5.95 Å². The van der Waals surface area contributed by atoms with Crippen molar-refractivity contribution in [2.45, 2.75) is 19.9 Å². The highest BCUT2D eigenvalue weighted by Crippen LogP contribution is 2.24. The summed E-state index contributed by atoms with van der Waals surface area (Å²) >= 11 is 0. The van der Waals surface area contributed by atoms with E-state index in [0.29, 0.717) is 25.3 Å². The van der Waals surface area contributed by atoms with Gasteiger partial charge in [0.1, 0.15) is 11.5 Å². The molecule has 0 amide bonds. The van der Waals surface area contributed by atoms with Crippen LogP contribution in [-0.4, -0.2) is 77.1 Å². The molecule has 0 N–H and O–H groups in total. The molecule has 2 aliphatic heterocycles. The predicted molar refractivity (Wildman–Crippen MR) is 105 cm³/mol. The Hall–Kier alpha value is -2.33. The number of alkyl halides is 2. The fourth-order valence-electron chi connectivity index (χ4n) is 3.84. The molecule has 2 aliphatic rings. The lowest BCUT2D eigenvalue weighted by Crippen LogP contribution is -2.46. The van der Waals surface area contributed by atoms with Gasteiger partial charge in [0, 0.05) is 76.4 Å². The summed E-state index contributed by atoms with van der Waals surface area (Å²) in [4.78, 5) is 16.0. The van der Waals surface area contributed by atoms with E-state index < -0.39 is 6.43 Å². The molecule has 158 valence electrons. The van der Waals surface area contributed by atoms with Gasteiger partial charge in [0.25, 0.3) is 6.43 Å². The number of halogens is 2. The molecule has 4 heterocycles. The number of hydrogen-bond acceptors (Lipinski definition) is 7. The first-order valence-corrected chi connectivity index (χ1v) is 9.96. The molecule has 0 aromatic carbocycles. The third kappa shape index (κ3) is 4.64. The average Bonchev–Trinajstić information content (AvgIpc) is 3.09. The molecule has 2 saturated heterocycles. The van der Waals surface area contributed by atoms with Gasteiger partial charge in [-0.3, -0.25) is 9.58 Å².